The molecule has 1 saturated heterocycles. The van der Waals surface area contributed by atoms with Gasteiger partial charge in [-0.05, 0) is 42.8 Å². The van der Waals surface area contributed by atoms with E-state index in [1.807, 2.05) is 0 Å². The zero-order valence-electron chi connectivity index (χ0n) is 14.6. The second-order valence-corrected chi connectivity index (χ2v) is 7.82. The summed E-state index contributed by atoms with van der Waals surface area (Å²) in [7, 11) is -0.242. The summed E-state index contributed by atoms with van der Waals surface area (Å²) in [5.41, 5.74) is 1.47. The fourth-order valence-electron chi connectivity index (χ4n) is 2.80. The third-order valence-corrected chi connectivity index (χ3v) is 6.04. The quantitative estimate of drug-likeness (QED) is 0.867. The fraction of sp³-hybridized carbons (Fsp3) is 0.278. The molecule has 3 rings (SSSR count). The standard InChI is InChI=1S/C18H20N2O5S/c1-24-15-7-4-13(5-8-15)18(21)19-16-9-6-14(12-17(16)25-2)20-10-3-11-26(20,22)23/h4-9,12H,3,10-11H2,1-2H3,(H,19,21). The van der Waals surface area contributed by atoms with E-state index in [1.165, 1.54) is 11.4 Å². The Hall–Kier alpha value is -2.74. The molecule has 0 radical (unpaired) electrons. The molecule has 0 saturated carbocycles. The third-order valence-electron chi connectivity index (χ3n) is 4.17. The molecule has 1 amide bonds. The molecule has 0 aliphatic carbocycles. The lowest BCUT2D eigenvalue weighted by atomic mass is 10.2. The van der Waals surface area contributed by atoms with Crippen LogP contribution < -0.4 is 19.1 Å². The van der Waals surface area contributed by atoms with Gasteiger partial charge in [0.1, 0.15) is 11.5 Å². The van der Waals surface area contributed by atoms with Crippen molar-refractivity contribution in [3.63, 3.8) is 0 Å². The summed E-state index contributed by atoms with van der Waals surface area (Å²) < 4.78 is 35.9. The lowest BCUT2D eigenvalue weighted by Gasteiger charge is -2.19. The first-order valence-electron chi connectivity index (χ1n) is 8.08. The van der Waals surface area contributed by atoms with Crippen molar-refractivity contribution in [1.82, 2.24) is 0 Å². The molecule has 138 valence electrons. The number of anilines is 2. The Morgan fingerprint density at radius 1 is 1.08 bits per heavy atom. The van der Waals surface area contributed by atoms with E-state index in [0.717, 1.165) is 0 Å². The number of benzene rings is 2. The van der Waals surface area contributed by atoms with Crippen molar-refractivity contribution < 1.29 is 22.7 Å². The van der Waals surface area contributed by atoms with Crippen LogP contribution in [0.2, 0.25) is 0 Å². The molecule has 1 aliphatic rings. The van der Waals surface area contributed by atoms with Crippen LogP contribution in [0.4, 0.5) is 11.4 Å². The van der Waals surface area contributed by atoms with E-state index < -0.39 is 10.0 Å². The Bertz CT molecular complexity index is 910. The van der Waals surface area contributed by atoms with Crippen molar-refractivity contribution in [2.45, 2.75) is 6.42 Å². The first-order chi connectivity index (χ1) is 12.4. The summed E-state index contributed by atoms with van der Waals surface area (Å²) in [5, 5.41) is 2.78. The van der Waals surface area contributed by atoms with E-state index >= 15 is 0 Å². The molecule has 2 aromatic carbocycles. The summed E-state index contributed by atoms with van der Waals surface area (Å²) in [6.45, 7) is 0.447. The van der Waals surface area contributed by atoms with E-state index in [0.29, 0.717) is 41.4 Å². The highest BCUT2D eigenvalue weighted by Gasteiger charge is 2.29. The molecule has 26 heavy (non-hydrogen) atoms. The summed E-state index contributed by atoms with van der Waals surface area (Å²) in [6.07, 6.45) is 0.598. The minimum atomic E-state index is -3.27. The first-order valence-corrected chi connectivity index (χ1v) is 9.69. The van der Waals surface area contributed by atoms with Crippen LogP contribution >= 0.6 is 0 Å². The van der Waals surface area contributed by atoms with E-state index in [1.54, 1.807) is 49.6 Å². The van der Waals surface area contributed by atoms with Crippen molar-refractivity contribution in [2.75, 3.05) is 36.1 Å². The number of nitrogens with one attached hydrogen (secondary N) is 1. The number of methoxy groups -OCH3 is 2. The minimum absolute atomic E-state index is 0.144. The highest BCUT2D eigenvalue weighted by atomic mass is 32.2. The maximum atomic E-state index is 12.4. The maximum Gasteiger partial charge on any atom is 0.255 e. The second-order valence-electron chi connectivity index (χ2n) is 5.81. The average molecular weight is 376 g/mol. The molecule has 0 bridgehead atoms. The van der Waals surface area contributed by atoms with Gasteiger partial charge in [-0.2, -0.15) is 0 Å². The normalized spacial score (nSPS) is 15.5. The van der Waals surface area contributed by atoms with Gasteiger partial charge >= 0.3 is 0 Å². The number of hydrogen-bond acceptors (Lipinski definition) is 5. The molecular weight excluding hydrogens is 356 g/mol. The van der Waals surface area contributed by atoms with Gasteiger partial charge in [0.25, 0.3) is 5.91 Å². The van der Waals surface area contributed by atoms with Gasteiger partial charge in [-0.15, -0.1) is 0 Å². The van der Waals surface area contributed by atoms with Gasteiger partial charge in [0.2, 0.25) is 10.0 Å². The number of rotatable bonds is 5. The Morgan fingerprint density at radius 2 is 1.81 bits per heavy atom. The molecule has 1 fully saturated rings. The summed E-state index contributed by atoms with van der Waals surface area (Å²) in [6, 6.07) is 11.6. The van der Waals surface area contributed by atoms with Crippen molar-refractivity contribution in [3.8, 4) is 11.5 Å². The second kappa shape index (κ2) is 7.25. The molecule has 2 aromatic rings. The number of hydrogen-bond donors (Lipinski definition) is 1. The number of nitrogens with zero attached hydrogens (tertiary/aromatic N) is 1. The van der Waals surface area contributed by atoms with Crippen LogP contribution in [0.3, 0.4) is 0 Å². The average Bonchev–Trinajstić information content (AvgIpc) is 3.01. The first kappa shape index (κ1) is 18.1. The van der Waals surface area contributed by atoms with Crippen molar-refractivity contribution in [3.05, 3.63) is 48.0 Å². The minimum Gasteiger partial charge on any atom is -0.497 e. The highest BCUT2D eigenvalue weighted by Crippen LogP contribution is 2.33. The van der Waals surface area contributed by atoms with Crippen LogP contribution in [0.5, 0.6) is 11.5 Å². The molecule has 1 heterocycles. The van der Waals surface area contributed by atoms with Crippen LogP contribution in [0.15, 0.2) is 42.5 Å². The van der Waals surface area contributed by atoms with Gasteiger partial charge in [0.15, 0.2) is 0 Å². The van der Waals surface area contributed by atoms with Crippen LogP contribution in [0.25, 0.3) is 0 Å². The van der Waals surface area contributed by atoms with E-state index in [4.69, 9.17) is 9.47 Å². The van der Waals surface area contributed by atoms with Gasteiger partial charge in [-0.3, -0.25) is 9.10 Å². The van der Waals surface area contributed by atoms with Crippen LogP contribution in [0.1, 0.15) is 16.8 Å². The lowest BCUT2D eigenvalue weighted by Crippen LogP contribution is -2.25. The molecule has 0 spiro atoms. The largest absolute Gasteiger partial charge is 0.497 e. The molecule has 1 aliphatic heterocycles. The maximum absolute atomic E-state index is 12.4. The smallest absolute Gasteiger partial charge is 0.255 e. The summed E-state index contributed by atoms with van der Waals surface area (Å²) >= 11 is 0. The molecule has 0 aromatic heterocycles. The van der Waals surface area contributed by atoms with E-state index in [2.05, 4.69) is 5.32 Å². The Kier molecular flexibility index (Phi) is 5.03. The monoisotopic (exact) mass is 376 g/mol. The van der Waals surface area contributed by atoms with Gasteiger partial charge in [-0.1, -0.05) is 0 Å². The Morgan fingerprint density at radius 3 is 2.38 bits per heavy atom. The van der Waals surface area contributed by atoms with Crippen LogP contribution in [0, 0.1) is 0 Å². The zero-order chi connectivity index (χ0) is 18.7. The Balaban J connectivity index is 1.82. The van der Waals surface area contributed by atoms with Crippen molar-refractivity contribution in [2.24, 2.45) is 0 Å². The van der Waals surface area contributed by atoms with E-state index in [9.17, 15) is 13.2 Å². The predicted molar refractivity (Wildman–Crippen MR) is 99.7 cm³/mol. The number of amides is 1. The zero-order valence-corrected chi connectivity index (χ0v) is 15.4. The highest BCUT2D eigenvalue weighted by molar-refractivity contribution is 7.93. The molecule has 7 nitrogen and oxygen atoms in total. The third kappa shape index (κ3) is 3.60. The van der Waals surface area contributed by atoms with Crippen molar-refractivity contribution in [1.29, 1.82) is 0 Å². The Labute approximate surface area is 152 Å². The van der Waals surface area contributed by atoms with Gasteiger partial charge in [-0.25, -0.2) is 8.42 Å². The fourth-order valence-corrected chi connectivity index (χ4v) is 4.36. The van der Waals surface area contributed by atoms with Gasteiger partial charge in [0.05, 0.1) is 31.3 Å². The number of carbonyl (C=O) groups excluding carboxylic acids is 1. The van der Waals surface area contributed by atoms with Crippen LogP contribution in [-0.2, 0) is 10.0 Å². The molecule has 1 N–H and O–H groups in total. The summed E-state index contributed by atoms with van der Waals surface area (Å²) in [5.74, 6) is 0.903. The summed E-state index contributed by atoms with van der Waals surface area (Å²) in [4.78, 5) is 12.4. The number of carbonyl (C=O) groups is 1. The molecule has 0 unspecified atom stereocenters. The molecular formula is C18H20N2O5S. The van der Waals surface area contributed by atoms with Crippen LogP contribution in [-0.4, -0.2) is 40.8 Å². The number of ether oxygens (including phenoxy) is 2. The van der Waals surface area contributed by atoms with Gasteiger partial charge in [0, 0.05) is 18.2 Å². The van der Waals surface area contributed by atoms with Crippen molar-refractivity contribution >= 4 is 27.3 Å². The topological polar surface area (TPSA) is 84.9 Å². The molecule has 0 atom stereocenters. The van der Waals surface area contributed by atoms with Gasteiger partial charge < -0.3 is 14.8 Å². The predicted octanol–water partition coefficient (Wildman–Crippen LogP) is 2.50. The number of sulfonamides is 1. The van der Waals surface area contributed by atoms with E-state index in [-0.39, 0.29) is 11.7 Å². The lowest BCUT2D eigenvalue weighted by molar-refractivity contribution is 0.102. The molecule has 8 heteroatoms. The SMILES string of the molecule is COc1ccc(C(=O)Nc2ccc(N3CCCS3(=O)=O)cc2OC)cc1.